The van der Waals surface area contributed by atoms with E-state index >= 15 is 18.0 Å². The lowest BCUT2D eigenvalue weighted by Gasteiger charge is -2.39. The Bertz CT molecular complexity index is 2130. The molecule has 0 saturated carbocycles. The molecule has 0 aliphatic carbocycles. The number of benzene rings is 5. The van der Waals surface area contributed by atoms with E-state index in [4.69, 9.17) is 14.5 Å². The fraction of sp³-hybridized carbons (Fsp3) is 0.233. The van der Waals surface area contributed by atoms with E-state index in [9.17, 15) is 0 Å². The smallest absolute Gasteiger partial charge is 0.345 e. The van der Waals surface area contributed by atoms with Crippen molar-refractivity contribution in [2.24, 2.45) is 4.99 Å². The van der Waals surface area contributed by atoms with Gasteiger partial charge in [0.1, 0.15) is 0 Å². The van der Waals surface area contributed by atoms with E-state index in [-0.39, 0.29) is 23.8 Å². The van der Waals surface area contributed by atoms with Crippen LogP contribution in [0.15, 0.2) is 143 Å². The van der Waals surface area contributed by atoms with Gasteiger partial charge >= 0.3 is 11.9 Å². The van der Waals surface area contributed by atoms with Crippen LogP contribution in [-0.2, 0) is 34.5 Å². The summed E-state index contributed by atoms with van der Waals surface area (Å²) in [6, 6.07) is 38.5. The number of esters is 2. The molecule has 0 bridgehead atoms. The summed E-state index contributed by atoms with van der Waals surface area (Å²) in [6.45, 7) is 8.66. The maximum atomic E-state index is 15.7. The SMILES string of the molecule is CCOC(=O)C1(C(=O)OCC)C(=Nc2ccc(C)cc2)C(c2ccccc2)(c2ccccc2)[C@H](c2ccc(C)cc2)N1S(=O)(=O)c1ccc(C)cc1. The molecule has 0 N–H and O–H groups in total. The zero-order valence-electron chi connectivity index (χ0n) is 29.9. The summed E-state index contributed by atoms with van der Waals surface area (Å²) in [6.07, 6.45) is 0. The Balaban J connectivity index is 1.94. The molecule has 8 nitrogen and oxygen atoms in total. The fourth-order valence-electron chi connectivity index (χ4n) is 7.17. The summed E-state index contributed by atoms with van der Waals surface area (Å²) < 4.78 is 44.0. The van der Waals surface area contributed by atoms with Gasteiger partial charge in [-0.05, 0) is 75.6 Å². The Labute approximate surface area is 305 Å². The third kappa shape index (κ3) is 6.03. The van der Waals surface area contributed by atoms with E-state index in [1.54, 1.807) is 38.1 Å². The minimum atomic E-state index is -4.77. The highest BCUT2D eigenvalue weighted by Gasteiger charge is 2.77. The van der Waals surface area contributed by atoms with Crippen molar-refractivity contribution in [3.05, 3.63) is 167 Å². The van der Waals surface area contributed by atoms with Gasteiger partial charge in [0.15, 0.2) is 0 Å². The fourth-order valence-corrected chi connectivity index (χ4v) is 9.03. The van der Waals surface area contributed by atoms with E-state index in [1.165, 1.54) is 12.1 Å². The predicted octanol–water partition coefficient (Wildman–Crippen LogP) is 7.98. The molecule has 266 valence electrons. The van der Waals surface area contributed by atoms with Gasteiger partial charge in [-0.15, -0.1) is 0 Å². The number of rotatable bonds is 10. The predicted molar refractivity (Wildman–Crippen MR) is 202 cm³/mol. The molecule has 52 heavy (non-hydrogen) atoms. The number of aryl methyl sites for hydroxylation is 3. The van der Waals surface area contributed by atoms with Crippen LogP contribution in [0.5, 0.6) is 0 Å². The van der Waals surface area contributed by atoms with Crippen molar-refractivity contribution < 1.29 is 27.5 Å². The van der Waals surface area contributed by atoms with Gasteiger partial charge in [-0.2, -0.15) is 4.31 Å². The molecule has 0 amide bonds. The maximum Gasteiger partial charge on any atom is 0.345 e. The lowest BCUT2D eigenvalue weighted by atomic mass is 9.64. The molecule has 5 aromatic carbocycles. The molecule has 1 heterocycles. The first kappa shape index (κ1) is 36.4. The first-order valence-corrected chi connectivity index (χ1v) is 18.8. The van der Waals surface area contributed by atoms with E-state index in [0.717, 1.165) is 21.0 Å². The summed E-state index contributed by atoms with van der Waals surface area (Å²) in [5, 5.41) is 0. The third-order valence-corrected chi connectivity index (χ3v) is 11.4. The van der Waals surface area contributed by atoms with Crippen LogP contribution < -0.4 is 0 Å². The Morgan fingerprint density at radius 3 is 1.50 bits per heavy atom. The molecule has 1 aliphatic rings. The van der Waals surface area contributed by atoms with Gasteiger partial charge in [0.2, 0.25) is 10.0 Å². The summed E-state index contributed by atoms with van der Waals surface area (Å²) in [5.74, 6) is -2.22. The number of sulfonamides is 1. The zero-order chi connectivity index (χ0) is 37.1. The van der Waals surface area contributed by atoms with Crippen LogP contribution in [0.4, 0.5) is 5.69 Å². The number of hydrogen-bond acceptors (Lipinski definition) is 7. The molecular formula is C43H42N2O6S. The van der Waals surface area contributed by atoms with Crippen LogP contribution in [-0.4, -0.2) is 49.1 Å². The molecule has 1 atom stereocenters. The van der Waals surface area contributed by atoms with Crippen LogP contribution in [0.1, 0.15) is 53.3 Å². The second-order valence-corrected chi connectivity index (χ2v) is 14.7. The monoisotopic (exact) mass is 714 g/mol. The van der Waals surface area contributed by atoms with Gasteiger partial charge in [0.25, 0.3) is 5.54 Å². The lowest BCUT2D eigenvalue weighted by Crippen LogP contribution is -2.64. The molecule has 0 spiro atoms. The van der Waals surface area contributed by atoms with Crippen molar-refractivity contribution in [1.82, 2.24) is 4.31 Å². The summed E-state index contributed by atoms with van der Waals surface area (Å²) in [5.41, 5.74) is 0.511. The van der Waals surface area contributed by atoms with E-state index < -0.39 is 39.0 Å². The van der Waals surface area contributed by atoms with Crippen molar-refractivity contribution in [2.75, 3.05) is 13.2 Å². The molecule has 6 rings (SSSR count). The molecule has 9 heteroatoms. The Morgan fingerprint density at radius 1 is 0.635 bits per heavy atom. The van der Waals surface area contributed by atoms with Crippen molar-refractivity contribution in [3.8, 4) is 0 Å². The van der Waals surface area contributed by atoms with Gasteiger partial charge in [-0.3, -0.25) is 4.99 Å². The molecule has 0 aromatic heterocycles. The number of carbonyl (C=O) groups is 2. The van der Waals surface area contributed by atoms with Crippen LogP contribution in [0.2, 0.25) is 0 Å². The molecule has 0 unspecified atom stereocenters. The molecule has 1 saturated heterocycles. The average Bonchev–Trinajstić information content (AvgIpc) is 3.43. The molecule has 1 fully saturated rings. The first-order chi connectivity index (χ1) is 25.0. The van der Waals surface area contributed by atoms with E-state index in [0.29, 0.717) is 22.4 Å². The average molecular weight is 715 g/mol. The number of carbonyl (C=O) groups excluding carboxylic acids is 2. The van der Waals surface area contributed by atoms with Crippen molar-refractivity contribution in [1.29, 1.82) is 0 Å². The van der Waals surface area contributed by atoms with Gasteiger partial charge in [-0.1, -0.05) is 126 Å². The summed E-state index contributed by atoms with van der Waals surface area (Å²) >= 11 is 0. The van der Waals surface area contributed by atoms with Crippen LogP contribution in [0.25, 0.3) is 0 Å². The second-order valence-electron chi connectivity index (χ2n) is 12.9. The van der Waals surface area contributed by atoms with Crippen molar-refractivity contribution in [3.63, 3.8) is 0 Å². The minimum absolute atomic E-state index is 0.0561. The molecule has 1 aliphatic heterocycles. The topological polar surface area (TPSA) is 102 Å². The zero-order valence-corrected chi connectivity index (χ0v) is 30.8. The quantitative estimate of drug-likeness (QED) is 0.107. The van der Waals surface area contributed by atoms with Crippen molar-refractivity contribution >= 4 is 33.4 Å². The van der Waals surface area contributed by atoms with E-state index in [1.807, 2.05) is 118 Å². The van der Waals surface area contributed by atoms with Gasteiger partial charge in [0, 0.05) is 0 Å². The minimum Gasteiger partial charge on any atom is -0.464 e. The van der Waals surface area contributed by atoms with Crippen molar-refractivity contribution in [2.45, 2.75) is 56.5 Å². The molecule has 5 aromatic rings. The molecule has 0 radical (unpaired) electrons. The normalized spacial score (nSPS) is 17.5. The highest BCUT2D eigenvalue weighted by molar-refractivity contribution is 7.89. The van der Waals surface area contributed by atoms with Gasteiger partial charge in [-0.25, -0.2) is 18.0 Å². The Hall–Kier alpha value is -5.38. The number of hydrogen-bond donors (Lipinski definition) is 0. The van der Waals surface area contributed by atoms with Gasteiger partial charge in [0.05, 0.1) is 41.0 Å². The standard InChI is InChI=1S/C43H42N2O6S/c1-6-50-40(46)43(41(47)51-7-2)39(44-36-26-20-31(4)21-27-36)42(34-14-10-8-11-15-34,35-16-12-9-13-17-35)38(33-24-18-30(3)19-25-33)45(43)52(48,49)37-28-22-32(5)23-29-37/h8-29,38H,6-7H2,1-5H3/t38-/m0/s1. The Kier molecular flexibility index (Phi) is 10.3. The van der Waals surface area contributed by atoms with Gasteiger partial charge < -0.3 is 9.47 Å². The van der Waals surface area contributed by atoms with Crippen LogP contribution >= 0.6 is 0 Å². The second kappa shape index (κ2) is 14.7. The van der Waals surface area contributed by atoms with Crippen LogP contribution in [0, 0.1) is 20.8 Å². The Morgan fingerprint density at radius 2 is 1.06 bits per heavy atom. The number of aliphatic imine (C=N–C) groups is 1. The highest BCUT2D eigenvalue weighted by Crippen LogP contribution is 2.60. The first-order valence-electron chi connectivity index (χ1n) is 17.3. The summed E-state index contributed by atoms with van der Waals surface area (Å²) in [7, 11) is -4.77. The third-order valence-electron chi connectivity index (χ3n) is 9.54. The number of ether oxygens (including phenoxy) is 2. The van der Waals surface area contributed by atoms with E-state index in [2.05, 4.69) is 0 Å². The largest absolute Gasteiger partial charge is 0.464 e. The summed E-state index contributed by atoms with van der Waals surface area (Å²) in [4.78, 5) is 35.4. The molecular weight excluding hydrogens is 673 g/mol. The highest BCUT2D eigenvalue weighted by atomic mass is 32.2. The van der Waals surface area contributed by atoms with Crippen LogP contribution in [0.3, 0.4) is 0 Å². The maximum absolute atomic E-state index is 15.7. The number of nitrogens with zero attached hydrogens (tertiary/aromatic N) is 2. The lowest BCUT2D eigenvalue weighted by molar-refractivity contribution is -0.165.